The number of nitrogens with zero attached hydrogens (tertiary/aromatic N) is 1. The van der Waals surface area contributed by atoms with E-state index in [9.17, 15) is 9.59 Å². The topological polar surface area (TPSA) is 79.3 Å². The first kappa shape index (κ1) is 13.3. The average molecular weight is 282 g/mol. The fourth-order valence-corrected chi connectivity index (χ4v) is 2.01. The lowest BCUT2D eigenvalue weighted by Gasteiger charge is -2.06. The van der Waals surface area contributed by atoms with Crippen LogP contribution in [0.15, 0.2) is 42.6 Å². The molecule has 1 aliphatic rings. The van der Waals surface area contributed by atoms with Crippen LogP contribution in [0.3, 0.4) is 0 Å². The lowest BCUT2D eigenvalue weighted by atomic mass is 10.1. The van der Waals surface area contributed by atoms with Crippen LogP contribution >= 0.6 is 0 Å². The molecule has 1 aromatic heterocycles. The van der Waals surface area contributed by atoms with Crippen LogP contribution in [0.1, 0.15) is 33.6 Å². The van der Waals surface area contributed by atoms with Gasteiger partial charge in [0.2, 0.25) is 0 Å². The summed E-state index contributed by atoms with van der Waals surface area (Å²) < 4.78 is 0. The Hall–Kier alpha value is -2.69. The van der Waals surface area contributed by atoms with Crippen LogP contribution in [0, 0.1) is 0 Å². The van der Waals surface area contributed by atoms with Gasteiger partial charge in [0.25, 0.3) is 5.91 Å². The van der Waals surface area contributed by atoms with Gasteiger partial charge in [0.15, 0.2) is 0 Å². The molecule has 1 saturated carbocycles. The van der Waals surface area contributed by atoms with Gasteiger partial charge in [-0.2, -0.15) is 0 Å². The first-order chi connectivity index (χ1) is 10.1. The number of benzene rings is 1. The number of carbonyl (C=O) groups excluding carboxylic acids is 1. The summed E-state index contributed by atoms with van der Waals surface area (Å²) in [6.45, 7) is 0. The Morgan fingerprint density at radius 2 is 1.95 bits per heavy atom. The van der Waals surface area contributed by atoms with Crippen molar-refractivity contribution in [3.05, 3.63) is 53.7 Å². The molecule has 0 saturated heterocycles. The number of aromatic carboxylic acids is 1. The van der Waals surface area contributed by atoms with E-state index in [2.05, 4.69) is 10.3 Å². The van der Waals surface area contributed by atoms with Gasteiger partial charge >= 0.3 is 5.97 Å². The maximum absolute atomic E-state index is 12.0. The fourth-order valence-electron chi connectivity index (χ4n) is 2.01. The maximum atomic E-state index is 12.0. The Balaban J connectivity index is 1.84. The molecule has 1 amide bonds. The number of aromatic nitrogens is 1. The number of nitrogens with one attached hydrogen (secondary N) is 1. The Kier molecular flexibility index (Phi) is 3.39. The number of pyridine rings is 1. The molecule has 0 radical (unpaired) electrons. The lowest BCUT2D eigenvalue weighted by Crippen LogP contribution is -2.25. The summed E-state index contributed by atoms with van der Waals surface area (Å²) >= 11 is 0. The third-order valence-corrected chi connectivity index (χ3v) is 3.34. The van der Waals surface area contributed by atoms with Crippen LogP contribution in [0.2, 0.25) is 0 Å². The van der Waals surface area contributed by atoms with Gasteiger partial charge in [0, 0.05) is 23.4 Å². The van der Waals surface area contributed by atoms with Gasteiger partial charge in [0.05, 0.1) is 11.3 Å². The van der Waals surface area contributed by atoms with Crippen LogP contribution in [0.4, 0.5) is 0 Å². The summed E-state index contributed by atoms with van der Waals surface area (Å²) in [6, 6.07) is 10.6. The van der Waals surface area contributed by atoms with Crippen LogP contribution < -0.4 is 5.32 Å². The zero-order chi connectivity index (χ0) is 14.8. The van der Waals surface area contributed by atoms with Crippen molar-refractivity contribution in [1.29, 1.82) is 0 Å². The molecule has 1 heterocycles. The maximum Gasteiger partial charge on any atom is 0.337 e. The second-order valence-electron chi connectivity index (χ2n) is 5.07. The van der Waals surface area contributed by atoms with Gasteiger partial charge in [-0.25, -0.2) is 4.79 Å². The highest BCUT2D eigenvalue weighted by Gasteiger charge is 2.23. The highest BCUT2D eigenvalue weighted by atomic mass is 16.4. The Bertz CT molecular complexity index is 691. The molecule has 0 bridgehead atoms. The van der Waals surface area contributed by atoms with Gasteiger partial charge in [-0.15, -0.1) is 0 Å². The van der Waals surface area contributed by atoms with Crippen LogP contribution in [0.5, 0.6) is 0 Å². The standard InChI is InChI=1S/C16H14N2O3/c19-15(18-13-5-6-13)11-3-1-2-10(8-11)14-7-4-12(9-17-14)16(20)21/h1-4,7-9,13H,5-6H2,(H,18,19)(H,20,21). The van der Waals surface area contributed by atoms with Crippen molar-refractivity contribution in [2.75, 3.05) is 0 Å². The van der Waals surface area contributed by atoms with Gasteiger partial charge in [-0.3, -0.25) is 9.78 Å². The first-order valence-electron chi connectivity index (χ1n) is 6.74. The minimum Gasteiger partial charge on any atom is -0.478 e. The minimum atomic E-state index is -1.01. The van der Waals surface area contributed by atoms with Gasteiger partial charge in [0.1, 0.15) is 0 Å². The zero-order valence-electron chi connectivity index (χ0n) is 11.2. The van der Waals surface area contributed by atoms with E-state index in [0.29, 0.717) is 17.3 Å². The molecule has 1 fully saturated rings. The molecular formula is C16H14N2O3. The van der Waals surface area contributed by atoms with E-state index >= 15 is 0 Å². The molecule has 21 heavy (non-hydrogen) atoms. The van der Waals surface area contributed by atoms with E-state index in [1.54, 1.807) is 24.3 Å². The summed E-state index contributed by atoms with van der Waals surface area (Å²) in [4.78, 5) is 27.0. The largest absolute Gasteiger partial charge is 0.478 e. The minimum absolute atomic E-state index is 0.0819. The van der Waals surface area contributed by atoms with Crippen molar-refractivity contribution < 1.29 is 14.7 Å². The number of hydrogen-bond acceptors (Lipinski definition) is 3. The molecule has 0 spiro atoms. The van der Waals surface area contributed by atoms with Crippen molar-refractivity contribution in [2.45, 2.75) is 18.9 Å². The monoisotopic (exact) mass is 282 g/mol. The number of carbonyl (C=O) groups is 2. The Morgan fingerprint density at radius 1 is 1.14 bits per heavy atom. The average Bonchev–Trinajstić information content (AvgIpc) is 3.31. The van der Waals surface area contributed by atoms with Crippen LogP contribution in [-0.4, -0.2) is 28.0 Å². The molecule has 5 heteroatoms. The zero-order valence-corrected chi connectivity index (χ0v) is 11.2. The molecule has 2 N–H and O–H groups in total. The summed E-state index contributed by atoms with van der Waals surface area (Å²) in [7, 11) is 0. The molecule has 0 aliphatic heterocycles. The fraction of sp³-hybridized carbons (Fsp3) is 0.188. The molecule has 1 aliphatic carbocycles. The second kappa shape index (κ2) is 5.36. The summed E-state index contributed by atoms with van der Waals surface area (Å²) in [5.74, 6) is -1.09. The highest BCUT2D eigenvalue weighted by molar-refractivity contribution is 5.95. The van der Waals surface area contributed by atoms with Crippen LogP contribution in [0.25, 0.3) is 11.3 Å². The van der Waals surface area contributed by atoms with E-state index < -0.39 is 5.97 Å². The molecular weight excluding hydrogens is 268 g/mol. The summed E-state index contributed by atoms with van der Waals surface area (Å²) in [5.41, 5.74) is 2.15. The van der Waals surface area contributed by atoms with E-state index in [0.717, 1.165) is 18.4 Å². The van der Waals surface area contributed by atoms with E-state index in [-0.39, 0.29) is 11.5 Å². The molecule has 5 nitrogen and oxygen atoms in total. The Morgan fingerprint density at radius 3 is 2.57 bits per heavy atom. The number of amides is 1. The predicted octanol–water partition coefficient (Wildman–Crippen LogP) is 2.34. The first-order valence-corrected chi connectivity index (χ1v) is 6.74. The molecule has 0 atom stereocenters. The number of rotatable bonds is 4. The van der Waals surface area contributed by atoms with Crippen molar-refractivity contribution in [2.24, 2.45) is 0 Å². The molecule has 106 valence electrons. The van der Waals surface area contributed by atoms with Crippen molar-refractivity contribution >= 4 is 11.9 Å². The van der Waals surface area contributed by atoms with Crippen molar-refractivity contribution in [1.82, 2.24) is 10.3 Å². The predicted molar refractivity (Wildman–Crippen MR) is 77.1 cm³/mol. The third kappa shape index (κ3) is 3.08. The van der Waals surface area contributed by atoms with E-state index in [1.165, 1.54) is 12.3 Å². The quantitative estimate of drug-likeness (QED) is 0.902. The SMILES string of the molecule is O=C(O)c1ccc(-c2cccc(C(=O)NC3CC3)c2)nc1. The smallest absolute Gasteiger partial charge is 0.337 e. The molecule has 3 rings (SSSR count). The lowest BCUT2D eigenvalue weighted by molar-refractivity contribution is 0.0696. The second-order valence-corrected chi connectivity index (χ2v) is 5.07. The van der Waals surface area contributed by atoms with E-state index in [4.69, 9.17) is 5.11 Å². The number of hydrogen-bond donors (Lipinski definition) is 2. The Labute approximate surface area is 121 Å². The summed E-state index contributed by atoms with van der Waals surface area (Å²) in [5, 5.41) is 11.8. The molecule has 1 aromatic carbocycles. The van der Waals surface area contributed by atoms with Gasteiger partial charge in [-0.05, 0) is 37.1 Å². The highest BCUT2D eigenvalue weighted by Crippen LogP contribution is 2.21. The molecule has 2 aromatic rings. The molecule has 0 unspecified atom stereocenters. The van der Waals surface area contributed by atoms with E-state index in [1.807, 2.05) is 6.07 Å². The normalized spacial score (nSPS) is 13.7. The number of carboxylic acid groups (broad SMARTS) is 1. The third-order valence-electron chi connectivity index (χ3n) is 3.34. The van der Waals surface area contributed by atoms with Crippen LogP contribution in [-0.2, 0) is 0 Å². The summed E-state index contributed by atoms with van der Waals surface area (Å²) in [6.07, 6.45) is 3.40. The van der Waals surface area contributed by atoms with Gasteiger partial charge in [-0.1, -0.05) is 12.1 Å². The number of carboxylic acids is 1. The van der Waals surface area contributed by atoms with Gasteiger partial charge < -0.3 is 10.4 Å². The van der Waals surface area contributed by atoms with Crippen molar-refractivity contribution in [3.8, 4) is 11.3 Å². The van der Waals surface area contributed by atoms with Crippen molar-refractivity contribution in [3.63, 3.8) is 0 Å².